The third-order valence-corrected chi connectivity index (χ3v) is 4.51. The van der Waals surface area contributed by atoms with E-state index in [4.69, 9.17) is 0 Å². The van der Waals surface area contributed by atoms with Crippen molar-refractivity contribution in [3.8, 4) is 5.82 Å². The predicted molar refractivity (Wildman–Crippen MR) is 105 cm³/mol. The van der Waals surface area contributed by atoms with Crippen molar-refractivity contribution in [2.75, 3.05) is 0 Å². The first-order valence-corrected chi connectivity index (χ1v) is 8.89. The van der Waals surface area contributed by atoms with Crippen LogP contribution in [0.1, 0.15) is 28.1 Å². The van der Waals surface area contributed by atoms with Gasteiger partial charge in [-0.15, -0.1) is 0 Å². The van der Waals surface area contributed by atoms with E-state index in [0.717, 1.165) is 17.7 Å². The van der Waals surface area contributed by atoms with Crippen molar-refractivity contribution in [3.63, 3.8) is 0 Å². The summed E-state index contributed by atoms with van der Waals surface area (Å²) in [7, 11) is 0. The second-order valence-electron chi connectivity index (χ2n) is 6.58. The van der Waals surface area contributed by atoms with E-state index in [1.54, 1.807) is 24.5 Å². The van der Waals surface area contributed by atoms with E-state index in [-0.39, 0.29) is 5.56 Å². The highest BCUT2D eigenvalue weighted by atomic mass is 19.4. The minimum absolute atomic E-state index is 0.193. The lowest BCUT2D eigenvalue weighted by molar-refractivity contribution is -0.137. The van der Waals surface area contributed by atoms with Gasteiger partial charge >= 0.3 is 6.18 Å². The molecule has 2 aromatic carbocycles. The molecule has 7 heteroatoms. The van der Waals surface area contributed by atoms with Crippen molar-refractivity contribution in [3.05, 3.63) is 105 Å². The fraction of sp³-hybridized carbons (Fsp3) is 0.0909. The predicted octanol–water partition coefficient (Wildman–Crippen LogP) is 4.78. The maximum atomic E-state index is 12.6. The van der Waals surface area contributed by atoms with Crippen molar-refractivity contribution >= 4 is 12.2 Å². The maximum absolute atomic E-state index is 12.6. The average molecular weight is 395 g/mol. The Hall–Kier alpha value is -3.61. The molecule has 0 saturated carbocycles. The number of benzene rings is 2. The van der Waals surface area contributed by atoms with Crippen molar-refractivity contribution in [1.29, 1.82) is 0 Å². The van der Waals surface area contributed by atoms with Gasteiger partial charge in [-0.2, -0.15) is 13.2 Å². The number of hydrogen-bond acceptors (Lipinski definition) is 2. The highest BCUT2D eigenvalue weighted by molar-refractivity contribution is 5.68. The number of halogens is 3. The van der Waals surface area contributed by atoms with Gasteiger partial charge in [0.15, 0.2) is 5.82 Å². The standard InChI is InChI=1S/C22H16F3N3O/c23-22(24,25)17-9-6-15(7-10-17)8-11-18-14-28-20(13-26-18)27-19(21(28)29)12-16-4-2-1-3-5-16/h1-11,13-14,26H,12H2. The summed E-state index contributed by atoms with van der Waals surface area (Å²) in [5.41, 5.74) is 1.81. The third-order valence-electron chi connectivity index (χ3n) is 4.51. The lowest BCUT2D eigenvalue weighted by atomic mass is 10.1. The molecule has 0 atom stereocenters. The Labute approximate surface area is 164 Å². The summed E-state index contributed by atoms with van der Waals surface area (Å²) in [5.74, 6) is 0.507. The van der Waals surface area contributed by atoms with Gasteiger partial charge in [0.05, 0.1) is 11.3 Å². The number of nitrogens with one attached hydrogen (secondary N) is 1. The van der Waals surface area contributed by atoms with Crippen molar-refractivity contribution in [2.24, 2.45) is 0 Å². The zero-order valence-electron chi connectivity index (χ0n) is 15.1. The molecule has 0 bridgehead atoms. The van der Waals surface area contributed by atoms with E-state index in [1.165, 1.54) is 16.7 Å². The van der Waals surface area contributed by atoms with Crippen LogP contribution in [-0.2, 0) is 12.6 Å². The van der Waals surface area contributed by atoms with Crippen LogP contribution in [0.2, 0.25) is 0 Å². The van der Waals surface area contributed by atoms with Crippen LogP contribution in [0.25, 0.3) is 18.0 Å². The number of rotatable bonds is 4. The second-order valence-corrected chi connectivity index (χ2v) is 6.58. The van der Waals surface area contributed by atoms with Gasteiger partial charge < -0.3 is 4.98 Å². The van der Waals surface area contributed by atoms with Gasteiger partial charge in [0.25, 0.3) is 5.56 Å². The zero-order valence-corrected chi connectivity index (χ0v) is 15.1. The SMILES string of the molecule is O=c1c(Cc2ccccc2)nc2c[nH]c(C=Cc3ccc(C(F)(F)F)cc3)cn1-2. The molecule has 0 aromatic heterocycles. The normalized spacial score (nSPS) is 12.1. The Morgan fingerprint density at radius 1 is 1.00 bits per heavy atom. The second kappa shape index (κ2) is 7.43. The highest BCUT2D eigenvalue weighted by Gasteiger charge is 2.29. The molecule has 0 fully saturated rings. The number of fused-ring (bicyclic) bond motifs is 1. The first kappa shape index (κ1) is 18.7. The molecule has 4 rings (SSSR count). The molecule has 2 aliphatic heterocycles. The quantitative estimate of drug-likeness (QED) is 0.541. The molecular weight excluding hydrogens is 379 g/mol. The lowest BCUT2D eigenvalue weighted by Gasteiger charge is -2.06. The summed E-state index contributed by atoms with van der Waals surface area (Å²) >= 11 is 0. The molecule has 0 saturated heterocycles. The van der Waals surface area contributed by atoms with E-state index in [9.17, 15) is 18.0 Å². The smallest absolute Gasteiger partial charge is 0.357 e. The van der Waals surface area contributed by atoms with Crippen LogP contribution in [0.3, 0.4) is 0 Å². The number of hydrogen-bond donors (Lipinski definition) is 1. The topological polar surface area (TPSA) is 50.7 Å². The molecule has 2 heterocycles. The fourth-order valence-electron chi connectivity index (χ4n) is 3.00. The van der Waals surface area contributed by atoms with Crippen LogP contribution in [0, 0.1) is 0 Å². The molecule has 0 aliphatic carbocycles. The molecule has 0 spiro atoms. The van der Waals surface area contributed by atoms with Gasteiger partial charge in [-0.25, -0.2) is 4.98 Å². The first-order valence-electron chi connectivity index (χ1n) is 8.89. The molecular formula is C22H16F3N3O. The Morgan fingerprint density at radius 3 is 2.41 bits per heavy atom. The summed E-state index contributed by atoms with van der Waals surface area (Å²) in [6, 6.07) is 14.5. The minimum atomic E-state index is -4.36. The van der Waals surface area contributed by atoms with Crippen molar-refractivity contribution < 1.29 is 13.2 Å². The van der Waals surface area contributed by atoms with E-state index in [2.05, 4.69) is 9.97 Å². The lowest BCUT2D eigenvalue weighted by Crippen LogP contribution is -2.15. The van der Waals surface area contributed by atoms with Crippen molar-refractivity contribution in [1.82, 2.24) is 14.5 Å². The molecule has 0 amide bonds. The van der Waals surface area contributed by atoms with E-state index in [1.807, 2.05) is 30.3 Å². The van der Waals surface area contributed by atoms with Gasteiger partial charge in [-0.1, -0.05) is 48.5 Å². The van der Waals surface area contributed by atoms with Crippen LogP contribution >= 0.6 is 0 Å². The summed E-state index contributed by atoms with van der Waals surface area (Å²) in [6.45, 7) is 0. The number of alkyl halides is 3. The van der Waals surface area contributed by atoms with Crippen LogP contribution < -0.4 is 5.56 Å². The summed E-state index contributed by atoms with van der Waals surface area (Å²) in [6.07, 6.45) is 2.70. The number of aromatic amines is 1. The molecule has 146 valence electrons. The van der Waals surface area contributed by atoms with E-state index >= 15 is 0 Å². The van der Waals surface area contributed by atoms with Crippen LogP contribution in [0.5, 0.6) is 0 Å². The monoisotopic (exact) mass is 395 g/mol. The number of imidazole rings is 1. The van der Waals surface area contributed by atoms with Gasteiger partial charge in [0, 0.05) is 18.8 Å². The Morgan fingerprint density at radius 2 is 1.72 bits per heavy atom. The van der Waals surface area contributed by atoms with Gasteiger partial charge in [0.2, 0.25) is 0 Å². The Kier molecular flexibility index (Phi) is 4.80. The minimum Gasteiger partial charge on any atom is -0.357 e. The van der Waals surface area contributed by atoms with Crippen LogP contribution in [0.4, 0.5) is 13.2 Å². The van der Waals surface area contributed by atoms with Crippen molar-refractivity contribution in [2.45, 2.75) is 12.6 Å². The summed E-state index contributed by atoms with van der Waals surface area (Å²) < 4.78 is 39.4. The maximum Gasteiger partial charge on any atom is 0.416 e. The van der Waals surface area contributed by atoms with E-state index < -0.39 is 11.7 Å². The van der Waals surface area contributed by atoms with E-state index in [0.29, 0.717) is 29.2 Å². The summed E-state index contributed by atoms with van der Waals surface area (Å²) in [5, 5.41) is 0. The zero-order chi connectivity index (χ0) is 20.4. The van der Waals surface area contributed by atoms with Gasteiger partial charge in [-0.05, 0) is 29.3 Å². The molecule has 0 unspecified atom stereocenters. The summed E-state index contributed by atoms with van der Waals surface area (Å²) in [4.78, 5) is 20.1. The molecule has 2 aromatic rings. The first-order chi connectivity index (χ1) is 13.9. The fourth-order valence-corrected chi connectivity index (χ4v) is 3.00. The van der Waals surface area contributed by atoms with Crippen LogP contribution in [-0.4, -0.2) is 14.5 Å². The molecule has 2 aliphatic rings. The Bertz CT molecular complexity index is 1170. The molecule has 0 radical (unpaired) electrons. The van der Waals surface area contributed by atoms with Crippen LogP contribution in [0.15, 0.2) is 71.8 Å². The highest BCUT2D eigenvalue weighted by Crippen LogP contribution is 2.29. The molecule has 29 heavy (non-hydrogen) atoms. The number of aromatic nitrogens is 3. The largest absolute Gasteiger partial charge is 0.416 e. The van der Waals surface area contributed by atoms with Gasteiger partial charge in [-0.3, -0.25) is 9.36 Å². The number of H-pyrrole nitrogens is 1. The molecule has 4 nitrogen and oxygen atoms in total. The average Bonchev–Trinajstić information content (AvgIpc) is 3.02. The number of nitrogens with zero attached hydrogens (tertiary/aromatic N) is 2. The third kappa shape index (κ3) is 4.13. The molecule has 1 N–H and O–H groups in total. The Balaban J connectivity index is 1.58. The van der Waals surface area contributed by atoms with Gasteiger partial charge in [0.1, 0.15) is 5.69 Å².